The number of piperidine rings is 1. The Balaban J connectivity index is 1.60. The van der Waals surface area contributed by atoms with Gasteiger partial charge in [0.15, 0.2) is 11.6 Å². The Morgan fingerprint density at radius 1 is 1.28 bits per heavy atom. The number of hydrogen-bond acceptors (Lipinski definition) is 2. The first kappa shape index (κ1) is 11.9. The van der Waals surface area contributed by atoms with Gasteiger partial charge in [-0.2, -0.15) is 0 Å². The molecule has 1 N–H and O–H groups in total. The molecule has 1 aliphatic heterocycles. The molecule has 1 heterocycles. The third-order valence-corrected chi connectivity index (χ3v) is 4.07. The molecule has 98 valence electrons. The molecular weight excluding hydrogens is 236 g/mol. The van der Waals surface area contributed by atoms with Crippen molar-refractivity contribution in [3.8, 4) is 5.75 Å². The summed E-state index contributed by atoms with van der Waals surface area (Å²) in [6.45, 7) is 2.12. The molecule has 2 fully saturated rings. The number of nitrogens with one attached hydrogen (secondary N) is 1. The van der Waals surface area contributed by atoms with Crippen LogP contribution in [0.3, 0.4) is 0 Å². The van der Waals surface area contributed by atoms with E-state index in [0.717, 1.165) is 44.1 Å². The van der Waals surface area contributed by atoms with Gasteiger partial charge in [0.1, 0.15) is 11.9 Å². The maximum Gasteiger partial charge on any atom is 0.165 e. The fourth-order valence-electron chi connectivity index (χ4n) is 3.12. The van der Waals surface area contributed by atoms with E-state index in [2.05, 4.69) is 5.32 Å². The van der Waals surface area contributed by atoms with Gasteiger partial charge in [-0.1, -0.05) is 0 Å². The molecule has 1 saturated carbocycles. The van der Waals surface area contributed by atoms with Crippen molar-refractivity contribution in [2.45, 2.75) is 31.8 Å². The summed E-state index contributed by atoms with van der Waals surface area (Å²) in [6, 6.07) is 3.34. The molecule has 1 spiro atoms. The molecule has 0 atom stereocenters. The van der Waals surface area contributed by atoms with Crippen LogP contribution >= 0.6 is 0 Å². The molecule has 0 amide bonds. The molecule has 2 aliphatic rings. The molecule has 1 aromatic rings. The molecule has 0 aromatic heterocycles. The minimum absolute atomic E-state index is 0.0289. The van der Waals surface area contributed by atoms with Crippen molar-refractivity contribution in [2.24, 2.45) is 5.41 Å². The van der Waals surface area contributed by atoms with Crippen LogP contribution in [0.25, 0.3) is 0 Å². The van der Waals surface area contributed by atoms with Crippen LogP contribution in [-0.4, -0.2) is 19.2 Å². The second-order valence-corrected chi connectivity index (χ2v) is 5.50. The summed E-state index contributed by atoms with van der Waals surface area (Å²) in [4.78, 5) is 0. The number of halogens is 2. The van der Waals surface area contributed by atoms with E-state index in [1.54, 1.807) is 0 Å². The minimum atomic E-state index is -0.487. The van der Waals surface area contributed by atoms with Gasteiger partial charge in [-0.25, -0.2) is 8.78 Å². The van der Waals surface area contributed by atoms with Gasteiger partial charge in [0.2, 0.25) is 0 Å². The fourth-order valence-corrected chi connectivity index (χ4v) is 3.12. The lowest BCUT2D eigenvalue weighted by molar-refractivity contribution is -0.0317. The van der Waals surface area contributed by atoms with E-state index < -0.39 is 11.6 Å². The molecule has 1 aromatic carbocycles. The van der Waals surface area contributed by atoms with Crippen molar-refractivity contribution in [2.75, 3.05) is 13.1 Å². The SMILES string of the molecule is Fc1ccc(F)c(OC2CC3(CCCNC3)C2)c1. The second kappa shape index (κ2) is 4.50. The molecule has 0 radical (unpaired) electrons. The van der Waals surface area contributed by atoms with Crippen molar-refractivity contribution in [3.05, 3.63) is 29.8 Å². The summed E-state index contributed by atoms with van der Waals surface area (Å²) in [5.74, 6) is -0.905. The highest BCUT2D eigenvalue weighted by atomic mass is 19.1. The minimum Gasteiger partial charge on any atom is -0.487 e. The van der Waals surface area contributed by atoms with Crippen LogP contribution in [0.5, 0.6) is 5.75 Å². The summed E-state index contributed by atoms with van der Waals surface area (Å²) in [7, 11) is 0. The summed E-state index contributed by atoms with van der Waals surface area (Å²) in [6.07, 6.45) is 4.32. The Morgan fingerprint density at radius 2 is 2.11 bits per heavy atom. The van der Waals surface area contributed by atoms with Crippen LogP contribution in [0.15, 0.2) is 18.2 Å². The average molecular weight is 253 g/mol. The van der Waals surface area contributed by atoms with Crippen LogP contribution in [0.4, 0.5) is 8.78 Å². The molecule has 2 nitrogen and oxygen atoms in total. The van der Waals surface area contributed by atoms with Crippen molar-refractivity contribution in [1.82, 2.24) is 5.32 Å². The number of hydrogen-bond donors (Lipinski definition) is 1. The lowest BCUT2D eigenvalue weighted by Crippen LogP contribution is -2.52. The molecule has 4 heteroatoms. The molecule has 18 heavy (non-hydrogen) atoms. The van der Waals surface area contributed by atoms with E-state index in [1.807, 2.05) is 0 Å². The number of ether oxygens (including phenoxy) is 1. The topological polar surface area (TPSA) is 21.3 Å². The maximum absolute atomic E-state index is 13.4. The van der Waals surface area contributed by atoms with Gasteiger partial charge >= 0.3 is 0 Å². The largest absolute Gasteiger partial charge is 0.487 e. The van der Waals surface area contributed by atoms with E-state index in [9.17, 15) is 8.78 Å². The zero-order chi connectivity index (χ0) is 12.6. The van der Waals surface area contributed by atoms with Crippen LogP contribution in [0, 0.1) is 17.0 Å². The third-order valence-electron chi connectivity index (χ3n) is 4.07. The van der Waals surface area contributed by atoms with Crippen molar-refractivity contribution < 1.29 is 13.5 Å². The van der Waals surface area contributed by atoms with Crippen LogP contribution < -0.4 is 10.1 Å². The fraction of sp³-hybridized carbons (Fsp3) is 0.571. The Labute approximate surface area is 105 Å². The van der Waals surface area contributed by atoms with E-state index in [0.29, 0.717) is 5.41 Å². The summed E-state index contributed by atoms with van der Waals surface area (Å²) in [5, 5.41) is 3.39. The zero-order valence-corrected chi connectivity index (χ0v) is 10.2. The van der Waals surface area contributed by atoms with Crippen LogP contribution in [-0.2, 0) is 0 Å². The van der Waals surface area contributed by atoms with Gasteiger partial charge in [0.25, 0.3) is 0 Å². The molecule has 1 aliphatic carbocycles. The Bertz CT molecular complexity index is 435. The van der Waals surface area contributed by atoms with Crippen LogP contribution in [0.1, 0.15) is 25.7 Å². The first-order chi connectivity index (χ1) is 8.67. The van der Waals surface area contributed by atoms with E-state index in [-0.39, 0.29) is 11.9 Å². The standard InChI is InChI=1S/C14H17F2NO/c15-10-2-3-12(16)13(6-10)18-11-7-14(8-11)4-1-5-17-9-14/h2-3,6,11,17H,1,4-5,7-9H2. The number of benzene rings is 1. The normalized spacial score (nSPS) is 31.1. The Morgan fingerprint density at radius 3 is 2.83 bits per heavy atom. The first-order valence-electron chi connectivity index (χ1n) is 6.49. The lowest BCUT2D eigenvalue weighted by Gasteiger charge is -2.49. The smallest absolute Gasteiger partial charge is 0.165 e. The highest BCUT2D eigenvalue weighted by Gasteiger charge is 2.46. The third kappa shape index (κ3) is 2.21. The highest BCUT2D eigenvalue weighted by Crippen LogP contribution is 2.47. The summed E-state index contributed by atoms with van der Waals surface area (Å²) in [5.41, 5.74) is 0.340. The molecule has 0 bridgehead atoms. The van der Waals surface area contributed by atoms with Gasteiger partial charge in [0, 0.05) is 12.6 Å². The Kier molecular flexibility index (Phi) is 2.98. The average Bonchev–Trinajstić information content (AvgIpc) is 2.33. The quantitative estimate of drug-likeness (QED) is 0.875. The van der Waals surface area contributed by atoms with Gasteiger partial charge < -0.3 is 10.1 Å². The monoisotopic (exact) mass is 253 g/mol. The van der Waals surface area contributed by atoms with Crippen LogP contribution in [0.2, 0.25) is 0 Å². The van der Waals surface area contributed by atoms with Crippen molar-refractivity contribution >= 4 is 0 Å². The van der Waals surface area contributed by atoms with Gasteiger partial charge in [-0.15, -0.1) is 0 Å². The zero-order valence-electron chi connectivity index (χ0n) is 10.2. The van der Waals surface area contributed by atoms with Gasteiger partial charge in [-0.3, -0.25) is 0 Å². The van der Waals surface area contributed by atoms with Crippen molar-refractivity contribution in [1.29, 1.82) is 0 Å². The first-order valence-corrected chi connectivity index (χ1v) is 6.49. The van der Waals surface area contributed by atoms with Crippen molar-refractivity contribution in [3.63, 3.8) is 0 Å². The van der Waals surface area contributed by atoms with E-state index in [1.165, 1.54) is 12.8 Å². The van der Waals surface area contributed by atoms with Gasteiger partial charge in [-0.05, 0) is 49.8 Å². The molecular formula is C14H17F2NO. The highest BCUT2D eigenvalue weighted by molar-refractivity contribution is 5.25. The second-order valence-electron chi connectivity index (χ2n) is 5.50. The van der Waals surface area contributed by atoms with Gasteiger partial charge in [0.05, 0.1) is 0 Å². The predicted molar refractivity (Wildman–Crippen MR) is 64.5 cm³/mol. The summed E-state index contributed by atoms with van der Waals surface area (Å²) >= 11 is 0. The van der Waals surface area contributed by atoms with E-state index >= 15 is 0 Å². The lowest BCUT2D eigenvalue weighted by atomic mass is 9.63. The molecule has 0 unspecified atom stereocenters. The number of rotatable bonds is 2. The van der Waals surface area contributed by atoms with E-state index in [4.69, 9.17) is 4.74 Å². The molecule has 1 saturated heterocycles. The predicted octanol–water partition coefficient (Wildman–Crippen LogP) is 2.88. The maximum atomic E-state index is 13.4. The molecule has 3 rings (SSSR count). The Hall–Kier alpha value is -1.16. The summed E-state index contributed by atoms with van der Waals surface area (Å²) < 4.78 is 32.0.